The van der Waals surface area contributed by atoms with Gasteiger partial charge in [-0.1, -0.05) is 43.7 Å². The third-order valence-electron chi connectivity index (χ3n) is 3.36. The first-order chi connectivity index (χ1) is 10.3. The summed E-state index contributed by atoms with van der Waals surface area (Å²) in [7, 11) is 1.28. The van der Waals surface area contributed by atoms with Gasteiger partial charge in [0.05, 0.1) is 7.11 Å². The number of carbonyl (C=O) groups excluding carboxylic acids is 2. The van der Waals surface area contributed by atoms with Crippen LogP contribution in [0.5, 0.6) is 0 Å². The molecule has 0 aliphatic heterocycles. The number of aliphatic hydroxyl groups is 1. The molecular weight excluding hydrogens is 282 g/mol. The molecule has 0 saturated carbocycles. The number of ether oxygens (including phenoxy) is 1. The molecule has 2 atom stereocenters. The van der Waals surface area contributed by atoms with Gasteiger partial charge in [0.1, 0.15) is 12.1 Å². The number of carbonyl (C=O) groups is 2. The molecule has 0 unspecified atom stereocenters. The highest BCUT2D eigenvalue weighted by Gasteiger charge is 2.25. The molecule has 0 saturated heterocycles. The Labute approximate surface area is 131 Å². The van der Waals surface area contributed by atoms with Crippen LogP contribution in [-0.4, -0.2) is 36.2 Å². The van der Waals surface area contributed by atoms with E-state index in [9.17, 15) is 14.7 Å². The van der Waals surface area contributed by atoms with Gasteiger partial charge in [-0.25, -0.2) is 4.79 Å². The van der Waals surface area contributed by atoms with Crippen LogP contribution in [-0.2, 0) is 20.7 Å². The predicted octanol–water partition coefficient (Wildman–Crippen LogP) is 1.60. The number of esters is 1. The monoisotopic (exact) mass is 307 g/mol. The number of nitrogens with one attached hydrogen (secondary N) is 1. The first-order valence-corrected chi connectivity index (χ1v) is 7.45. The molecule has 1 aromatic rings. The number of amides is 1. The first kappa shape index (κ1) is 18.2. The summed E-state index contributed by atoms with van der Waals surface area (Å²) in [5, 5.41) is 12.4. The molecule has 0 aromatic heterocycles. The average molecular weight is 307 g/mol. The second-order valence-electron chi connectivity index (χ2n) is 5.92. The van der Waals surface area contributed by atoms with Crippen molar-refractivity contribution in [2.45, 2.75) is 45.8 Å². The zero-order valence-corrected chi connectivity index (χ0v) is 13.6. The Balaban J connectivity index is 2.74. The molecule has 5 nitrogen and oxygen atoms in total. The Bertz CT molecular complexity index is 496. The van der Waals surface area contributed by atoms with Gasteiger partial charge in [-0.15, -0.1) is 0 Å². The van der Waals surface area contributed by atoms with Gasteiger partial charge in [-0.2, -0.15) is 0 Å². The molecule has 0 heterocycles. The topological polar surface area (TPSA) is 75.6 Å². The van der Waals surface area contributed by atoms with Crippen molar-refractivity contribution in [2.75, 3.05) is 7.11 Å². The smallest absolute Gasteiger partial charge is 0.328 e. The van der Waals surface area contributed by atoms with Crippen molar-refractivity contribution in [1.82, 2.24) is 5.32 Å². The van der Waals surface area contributed by atoms with Crippen LogP contribution < -0.4 is 5.32 Å². The van der Waals surface area contributed by atoms with Crippen molar-refractivity contribution < 1.29 is 19.4 Å². The third kappa shape index (κ3) is 5.85. The van der Waals surface area contributed by atoms with Gasteiger partial charge < -0.3 is 15.2 Å². The van der Waals surface area contributed by atoms with Crippen LogP contribution >= 0.6 is 0 Å². The minimum Gasteiger partial charge on any atom is -0.467 e. The van der Waals surface area contributed by atoms with Gasteiger partial charge in [0.2, 0.25) is 5.91 Å². The molecule has 122 valence electrons. The zero-order valence-electron chi connectivity index (χ0n) is 13.6. The molecule has 0 aliphatic carbocycles. The standard InChI is InChI=1S/C17H25NO4/c1-11(2)9-15(19)16(20)18-14(17(21)22-4)10-13-7-5-12(3)6-8-13/h5-8,11,14-15,19H,9-10H2,1-4H3,(H,18,20)/t14-,15-/m1/s1. The molecule has 22 heavy (non-hydrogen) atoms. The number of hydrogen-bond donors (Lipinski definition) is 2. The second kappa shape index (κ2) is 8.54. The lowest BCUT2D eigenvalue weighted by molar-refractivity contribution is -0.146. The van der Waals surface area contributed by atoms with E-state index in [4.69, 9.17) is 4.74 Å². The number of hydrogen-bond acceptors (Lipinski definition) is 4. The predicted molar refractivity (Wildman–Crippen MR) is 84.3 cm³/mol. The van der Waals surface area contributed by atoms with Crippen LogP contribution in [0.3, 0.4) is 0 Å². The Morgan fingerprint density at radius 2 is 1.82 bits per heavy atom. The van der Waals surface area contributed by atoms with Crippen LogP contribution in [0, 0.1) is 12.8 Å². The minimum atomic E-state index is -1.12. The fraction of sp³-hybridized carbons (Fsp3) is 0.529. The van der Waals surface area contributed by atoms with Crippen LogP contribution in [0.4, 0.5) is 0 Å². The highest BCUT2D eigenvalue weighted by Crippen LogP contribution is 2.09. The van der Waals surface area contributed by atoms with Gasteiger partial charge in [0.15, 0.2) is 0 Å². The summed E-state index contributed by atoms with van der Waals surface area (Å²) in [5.41, 5.74) is 2.04. The molecule has 0 aliphatic rings. The zero-order chi connectivity index (χ0) is 16.7. The molecule has 0 radical (unpaired) electrons. The molecule has 1 aromatic carbocycles. The quantitative estimate of drug-likeness (QED) is 0.750. The van der Waals surface area contributed by atoms with Crippen LogP contribution in [0.2, 0.25) is 0 Å². The highest BCUT2D eigenvalue weighted by molar-refractivity contribution is 5.86. The lowest BCUT2D eigenvalue weighted by atomic mass is 10.0. The van der Waals surface area contributed by atoms with E-state index in [0.29, 0.717) is 12.8 Å². The molecule has 2 N–H and O–H groups in total. The largest absolute Gasteiger partial charge is 0.467 e. The van der Waals surface area contributed by atoms with E-state index in [1.165, 1.54) is 7.11 Å². The van der Waals surface area contributed by atoms with Gasteiger partial charge in [0.25, 0.3) is 0 Å². The van der Waals surface area contributed by atoms with E-state index < -0.39 is 24.0 Å². The molecular formula is C17H25NO4. The van der Waals surface area contributed by atoms with E-state index >= 15 is 0 Å². The second-order valence-corrected chi connectivity index (χ2v) is 5.92. The van der Waals surface area contributed by atoms with Crippen molar-refractivity contribution in [3.63, 3.8) is 0 Å². The summed E-state index contributed by atoms with van der Waals surface area (Å²) in [5.74, 6) is -0.878. The Kier molecular flexibility index (Phi) is 7.05. The van der Waals surface area contributed by atoms with Gasteiger partial charge in [-0.3, -0.25) is 4.79 Å². The molecule has 0 bridgehead atoms. The lowest BCUT2D eigenvalue weighted by Gasteiger charge is -2.19. The normalized spacial score (nSPS) is 13.5. The maximum absolute atomic E-state index is 12.0. The number of benzene rings is 1. The van der Waals surface area contributed by atoms with Gasteiger partial charge >= 0.3 is 5.97 Å². The average Bonchev–Trinajstić information content (AvgIpc) is 2.47. The summed E-state index contributed by atoms with van der Waals surface area (Å²) in [6.07, 6.45) is -0.442. The van der Waals surface area contributed by atoms with E-state index in [1.807, 2.05) is 45.0 Å². The van der Waals surface area contributed by atoms with E-state index in [2.05, 4.69) is 5.32 Å². The van der Waals surface area contributed by atoms with Crippen LogP contribution in [0.1, 0.15) is 31.4 Å². The Morgan fingerprint density at radius 1 is 1.23 bits per heavy atom. The van der Waals surface area contributed by atoms with Crippen molar-refractivity contribution in [1.29, 1.82) is 0 Å². The Morgan fingerprint density at radius 3 is 2.32 bits per heavy atom. The van der Waals surface area contributed by atoms with E-state index in [1.54, 1.807) is 0 Å². The lowest BCUT2D eigenvalue weighted by Crippen LogP contribution is -2.47. The van der Waals surface area contributed by atoms with E-state index in [-0.39, 0.29) is 5.92 Å². The van der Waals surface area contributed by atoms with Crippen molar-refractivity contribution in [3.8, 4) is 0 Å². The molecule has 5 heteroatoms. The molecule has 0 fully saturated rings. The number of rotatable bonds is 7. The summed E-state index contributed by atoms with van der Waals surface area (Å²) in [6, 6.07) is 6.89. The van der Waals surface area contributed by atoms with Gasteiger partial charge in [0, 0.05) is 6.42 Å². The fourth-order valence-corrected chi connectivity index (χ4v) is 2.12. The first-order valence-electron chi connectivity index (χ1n) is 7.45. The maximum atomic E-state index is 12.0. The molecule has 1 rings (SSSR count). The summed E-state index contributed by atoms with van der Waals surface area (Å²) in [4.78, 5) is 23.8. The van der Waals surface area contributed by atoms with Crippen molar-refractivity contribution in [3.05, 3.63) is 35.4 Å². The highest BCUT2D eigenvalue weighted by atomic mass is 16.5. The summed E-state index contributed by atoms with van der Waals surface area (Å²) in [6.45, 7) is 5.81. The van der Waals surface area contributed by atoms with Crippen LogP contribution in [0.15, 0.2) is 24.3 Å². The summed E-state index contributed by atoms with van der Waals surface area (Å²) >= 11 is 0. The number of aliphatic hydroxyl groups excluding tert-OH is 1. The fourth-order valence-electron chi connectivity index (χ4n) is 2.12. The van der Waals surface area contributed by atoms with Crippen LogP contribution in [0.25, 0.3) is 0 Å². The third-order valence-corrected chi connectivity index (χ3v) is 3.36. The SMILES string of the molecule is COC(=O)[C@@H](Cc1ccc(C)cc1)NC(=O)[C@H](O)CC(C)C. The van der Waals surface area contributed by atoms with E-state index in [0.717, 1.165) is 11.1 Å². The van der Waals surface area contributed by atoms with Crippen molar-refractivity contribution >= 4 is 11.9 Å². The number of methoxy groups -OCH3 is 1. The summed E-state index contributed by atoms with van der Waals surface area (Å²) < 4.78 is 4.73. The van der Waals surface area contributed by atoms with Gasteiger partial charge in [-0.05, 0) is 24.8 Å². The molecule has 0 spiro atoms. The number of aryl methyl sites for hydroxylation is 1. The minimum absolute atomic E-state index is 0.189. The Hall–Kier alpha value is -1.88. The maximum Gasteiger partial charge on any atom is 0.328 e. The molecule has 1 amide bonds. The van der Waals surface area contributed by atoms with Crippen molar-refractivity contribution in [2.24, 2.45) is 5.92 Å².